The number of anilines is 1. The maximum Gasteiger partial charge on any atom is 0.321 e. The van der Waals surface area contributed by atoms with Crippen molar-refractivity contribution in [1.82, 2.24) is 14.5 Å². The zero-order valence-corrected chi connectivity index (χ0v) is 23.6. The maximum absolute atomic E-state index is 13.3. The first-order valence-corrected chi connectivity index (χ1v) is 14.6. The standard InChI is InChI=1S/C29H36N4O5S/c1-5-32(6-2)28(35)26(19-21-13-16-24(17-14-21)30-29(36)33(7-3)8-4)27(34)31-39(37,38)25-18-15-22-11-9-10-12-23(22)20-25/h9-18,20,26H,5-8,19H2,1-4H3,(H,30,36)(H,31,34). The molecule has 3 aromatic carbocycles. The lowest BCUT2D eigenvalue weighted by molar-refractivity contribution is -0.141. The number of benzene rings is 3. The van der Waals surface area contributed by atoms with E-state index in [0.717, 1.165) is 10.8 Å². The number of fused-ring (bicyclic) bond motifs is 1. The van der Waals surface area contributed by atoms with Crippen LogP contribution in [0.25, 0.3) is 10.8 Å². The number of nitrogens with zero attached hydrogens (tertiary/aromatic N) is 2. The molecule has 9 nitrogen and oxygen atoms in total. The number of carbonyl (C=O) groups is 3. The fourth-order valence-electron chi connectivity index (χ4n) is 4.32. The highest BCUT2D eigenvalue weighted by atomic mass is 32.2. The minimum atomic E-state index is -4.22. The second kappa shape index (κ2) is 13.2. The molecule has 1 atom stereocenters. The molecule has 0 radical (unpaired) electrons. The molecule has 4 amide bonds. The lowest BCUT2D eigenvalue weighted by atomic mass is 9.97. The predicted molar refractivity (Wildman–Crippen MR) is 153 cm³/mol. The fraction of sp³-hybridized carbons (Fsp3) is 0.345. The molecule has 39 heavy (non-hydrogen) atoms. The molecule has 3 aromatic rings. The van der Waals surface area contributed by atoms with Crippen LogP contribution in [0.2, 0.25) is 0 Å². The van der Waals surface area contributed by atoms with E-state index in [9.17, 15) is 22.8 Å². The normalized spacial score (nSPS) is 12.0. The third-order valence-electron chi connectivity index (χ3n) is 6.65. The van der Waals surface area contributed by atoms with Gasteiger partial charge in [0.15, 0.2) is 0 Å². The summed E-state index contributed by atoms with van der Waals surface area (Å²) in [6.45, 7) is 9.30. The predicted octanol–water partition coefficient (Wildman–Crippen LogP) is 4.25. The molecule has 0 spiro atoms. The number of hydrogen-bond acceptors (Lipinski definition) is 5. The van der Waals surface area contributed by atoms with Gasteiger partial charge in [-0.3, -0.25) is 9.59 Å². The Morgan fingerprint density at radius 3 is 1.95 bits per heavy atom. The Morgan fingerprint density at radius 2 is 1.36 bits per heavy atom. The van der Waals surface area contributed by atoms with Crippen molar-refractivity contribution in [2.75, 3.05) is 31.5 Å². The van der Waals surface area contributed by atoms with Gasteiger partial charge in [0, 0.05) is 31.9 Å². The van der Waals surface area contributed by atoms with Gasteiger partial charge in [-0.15, -0.1) is 0 Å². The smallest absolute Gasteiger partial charge is 0.321 e. The van der Waals surface area contributed by atoms with Crippen LogP contribution < -0.4 is 10.0 Å². The van der Waals surface area contributed by atoms with Crippen LogP contribution in [0.1, 0.15) is 33.3 Å². The molecule has 1 unspecified atom stereocenters. The largest absolute Gasteiger partial charge is 0.343 e. The SMILES string of the molecule is CCN(CC)C(=O)Nc1ccc(CC(C(=O)NS(=O)(=O)c2ccc3ccccc3c2)C(=O)N(CC)CC)cc1. The molecule has 0 saturated heterocycles. The molecule has 0 aliphatic heterocycles. The Balaban J connectivity index is 1.83. The molecule has 0 aliphatic rings. The van der Waals surface area contributed by atoms with Crippen LogP contribution in [-0.4, -0.2) is 62.2 Å². The Morgan fingerprint density at radius 1 is 0.769 bits per heavy atom. The van der Waals surface area contributed by atoms with Gasteiger partial charge in [-0.2, -0.15) is 0 Å². The van der Waals surface area contributed by atoms with Gasteiger partial charge in [0.1, 0.15) is 5.92 Å². The van der Waals surface area contributed by atoms with Crippen LogP contribution in [0.15, 0.2) is 71.6 Å². The molecule has 0 fully saturated rings. The Hall–Kier alpha value is -3.92. The van der Waals surface area contributed by atoms with Crippen LogP contribution in [0.4, 0.5) is 10.5 Å². The molecular formula is C29H36N4O5S. The summed E-state index contributed by atoms with van der Waals surface area (Å²) in [4.78, 5) is 42.1. The molecule has 3 rings (SSSR count). The number of carbonyl (C=O) groups excluding carboxylic acids is 3. The maximum atomic E-state index is 13.3. The highest BCUT2D eigenvalue weighted by molar-refractivity contribution is 7.90. The van der Waals surface area contributed by atoms with E-state index >= 15 is 0 Å². The number of amides is 4. The van der Waals surface area contributed by atoms with E-state index in [-0.39, 0.29) is 17.3 Å². The van der Waals surface area contributed by atoms with Crippen molar-refractivity contribution in [3.05, 3.63) is 72.3 Å². The molecule has 208 valence electrons. The summed E-state index contributed by atoms with van der Waals surface area (Å²) in [5, 5.41) is 4.41. The molecule has 2 N–H and O–H groups in total. The number of nitrogens with one attached hydrogen (secondary N) is 2. The van der Waals surface area contributed by atoms with Crippen molar-refractivity contribution < 1.29 is 22.8 Å². The zero-order chi connectivity index (χ0) is 28.6. The van der Waals surface area contributed by atoms with E-state index in [0.29, 0.717) is 37.4 Å². The Labute approximate surface area is 230 Å². The van der Waals surface area contributed by atoms with Crippen LogP contribution >= 0.6 is 0 Å². The molecule has 0 saturated carbocycles. The van der Waals surface area contributed by atoms with Crippen molar-refractivity contribution in [2.45, 2.75) is 39.0 Å². The van der Waals surface area contributed by atoms with Gasteiger partial charge >= 0.3 is 6.03 Å². The lowest BCUT2D eigenvalue weighted by Crippen LogP contribution is -2.46. The second-order valence-electron chi connectivity index (χ2n) is 9.05. The van der Waals surface area contributed by atoms with E-state index < -0.39 is 27.8 Å². The summed E-state index contributed by atoms with van der Waals surface area (Å²) in [5.74, 6) is -2.60. The number of sulfonamides is 1. The Bertz CT molecular complexity index is 1420. The van der Waals surface area contributed by atoms with E-state index in [1.807, 2.05) is 26.0 Å². The Kier molecular flexibility index (Phi) is 10.1. The first kappa shape index (κ1) is 29.6. The van der Waals surface area contributed by atoms with Crippen molar-refractivity contribution in [2.24, 2.45) is 5.92 Å². The van der Waals surface area contributed by atoms with E-state index in [2.05, 4.69) is 10.0 Å². The van der Waals surface area contributed by atoms with Gasteiger partial charge in [-0.1, -0.05) is 42.5 Å². The highest BCUT2D eigenvalue weighted by Gasteiger charge is 2.33. The van der Waals surface area contributed by atoms with Gasteiger partial charge in [0.05, 0.1) is 4.90 Å². The van der Waals surface area contributed by atoms with E-state index in [1.165, 1.54) is 17.0 Å². The molecule has 10 heteroatoms. The van der Waals surface area contributed by atoms with Crippen LogP contribution in [0, 0.1) is 5.92 Å². The average molecular weight is 553 g/mol. The van der Waals surface area contributed by atoms with Crippen molar-refractivity contribution in [1.29, 1.82) is 0 Å². The van der Waals surface area contributed by atoms with Gasteiger partial charge in [-0.25, -0.2) is 17.9 Å². The molecule has 0 aromatic heterocycles. The van der Waals surface area contributed by atoms with Crippen LogP contribution in [-0.2, 0) is 26.0 Å². The zero-order valence-electron chi connectivity index (χ0n) is 22.8. The lowest BCUT2D eigenvalue weighted by Gasteiger charge is -2.25. The van der Waals surface area contributed by atoms with Crippen molar-refractivity contribution >= 4 is 44.3 Å². The first-order valence-electron chi connectivity index (χ1n) is 13.1. The summed E-state index contributed by atoms with van der Waals surface area (Å²) < 4.78 is 28.4. The summed E-state index contributed by atoms with van der Waals surface area (Å²) >= 11 is 0. The minimum Gasteiger partial charge on any atom is -0.343 e. The number of urea groups is 1. The van der Waals surface area contributed by atoms with Gasteiger partial charge in [0.25, 0.3) is 10.0 Å². The molecular weight excluding hydrogens is 516 g/mol. The highest BCUT2D eigenvalue weighted by Crippen LogP contribution is 2.21. The summed E-state index contributed by atoms with van der Waals surface area (Å²) in [6, 6.07) is 18.5. The first-order chi connectivity index (χ1) is 18.6. The summed E-state index contributed by atoms with van der Waals surface area (Å²) in [6.07, 6.45) is -0.00131. The topological polar surface area (TPSA) is 116 Å². The van der Waals surface area contributed by atoms with Crippen molar-refractivity contribution in [3.63, 3.8) is 0 Å². The van der Waals surface area contributed by atoms with Crippen LogP contribution in [0.3, 0.4) is 0 Å². The molecule has 0 aliphatic carbocycles. The number of rotatable bonds is 11. The third kappa shape index (κ3) is 7.35. The van der Waals surface area contributed by atoms with E-state index in [1.54, 1.807) is 61.2 Å². The van der Waals surface area contributed by atoms with Gasteiger partial charge < -0.3 is 15.1 Å². The monoisotopic (exact) mass is 552 g/mol. The van der Waals surface area contributed by atoms with E-state index in [4.69, 9.17) is 0 Å². The summed E-state index contributed by atoms with van der Waals surface area (Å²) in [7, 11) is -4.22. The fourth-order valence-corrected chi connectivity index (χ4v) is 5.37. The van der Waals surface area contributed by atoms with Gasteiger partial charge in [-0.05, 0) is 74.7 Å². The number of hydrogen-bond donors (Lipinski definition) is 2. The second-order valence-corrected chi connectivity index (χ2v) is 10.7. The minimum absolute atomic E-state index is 0.00131. The quantitative estimate of drug-likeness (QED) is 0.345. The van der Waals surface area contributed by atoms with Crippen LogP contribution in [0.5, 0.6) is 0 Å². The summed E-state index contributed by atoms with van der Waals surface area (Å²) in [5.41, 5.74) is 1.23. The molecule has 0 bridgehead atoms. The average Bonchev–Trinajstić information content (AvgIpc) is 2.93. The van der Waals surface area contributed by atoms with Gasteiger partial charge in [0.2, 0.25) is 11.8 Å². The third-order valence-corrected chi connectivity index (χ3v) is 8.00. The molecule has 0 heterocycles. The van der Waals surface area contributed by atoms with Crippen molar-refractivity contribution in [3.8, 4) is 0 Å².